The van der Waals surface area contributed by atoms with E-state index in [-0.39, 0.29) is 5.91 Å². The molecule has 0 bridgehead atoms. The molecule has 0 spiro atoms. The average molecular weight is 436 g/mol. The Morgan fingerprint density at radius 3 is 2.65 bits per heavy atom. The molecular weight excluding hydrogens is 410 g/mol. The quantitative estimate of drug-likeness (QED) is 0.493. The second-order valence-electron chi connectivity index (χ2n) is 7.99. The van der Waals surface area contributed by atoms with Gasteiger partial charge in [0.1, 0.15) is 11.5 Å². The van der Waals surface area contributed by atoms with Gasteiger partial charge in [-0.1, -0.05) is 6.07 Å². The maximum atomic E-state index is 13.3. The predicted molar refractivity (Wildman–Crippen MR) is 121 cm³/mol. The fraction of sp³-hybridized carbons (Fsp3) is 0.364. The minimum Gasteiger partial charge on any atom is -0.335 e. The van der Waals surface area contributed by atoms with Crippen molar-refractivity contribution in [1.29, 1.82) is 0 Å². The van der Waals surface area contributed by atoms with Gasteiger partial charge >= 0.3 is 0 Å². The molecule has 1 saturated heterocycles. The molecule has 0 aromatic carbocycles. The van der Waals surface area contributed by atoms with Gasteiger partial charge in [-0.25, -0.2) is 15.0 Å². The van der Waals surface area contributed by atoms with Gasteiger partial charge in [0.15, 0.2) is 11.5 Å². The summed E-state index contributed by atoms with van der Waals surface area (Å²) in [6.45, 7) is 7.85. The van der Waals surface area contributed by atoms with E-state index in [2.05, 4.69) is 26.9 Å². The SMILES string of the molecule is Cc1nc(Cn2cc(-c3nc(C(=O)N4CCN(C)CC4)c4ccccn34)nc2C)cs1. The van der Waals surface area contributed by atoms with Crippen LogP contribution in [0.3, 0.4) is 0 Å². The lowest BCUT2D eigenvalue weighted by Gasteiger charge is -2.32. The van der Waals surface area contributed by atoms with Crippen LogP contribution >= 0.6 is 11.3 Å². The summed E-state index contributed by atoms with van der Waals surface area (Å²) in [6.07, 6.45) is 3.94. The molecule has 31 heavy (non-hydrogen) atoms. The van der Waals surface area contributed by atoms with Crippen LogP contribution in [0.1, 0.15) is 27.0 Å². The van der Waals surface area contributed by atoms with E-state index >= 15 is 0 Å². The van der Waals surface area contributed by atoms with E-state index < -0.39 is 0 Å². The van der Waals surface area contributed by atoms with Gasteiger partial charge in [-0.2, -0.15) is 0 Å². The van der Waals surface area contributed by atoms with Crippen molar-refractivity contribution in [3.05, 3.63) is 58.2 Å². The number of rotatable bonds is 4. The minimum absolute atomic E-state index is 0.0165. The summed E-state index contributed by atoms with van der Waals surface area (Å²) in [7, 11) is 2.08. The molecule has 1 fully saturated rings. The first-order valence-electron chi connectivity index (χ1n) is 10.4. The average Bonchev–Trinajstić information content (AvgIpc) is 3.45. The van der Waals surface area contributed by atoms with Crippen LogP contribution in [0.5, 0.6) is 0 Å². The Labute approximate surface area is 184 Å². The molecule has 0 radical (unpaired) electrons. The molecule has 8 nitrogen and oxygen atoms in total. The van der Waals surface area contributed by atoms with Gasteiger partial charge in [0.2, 0.25) is 0 Å². The summed E-state index contributed by atoms with van der Waals surface area (Å²) >= 11 is 1.65. The van der Waals surface area contributed by atoms with Crippen LogP contribution in [0.4, 0.5) is 0 Å². The number of likely N-dealkylation sites (N-methyl/N-ethyl adjacent to an activating group) is 1. The number of aromatic nitrogens is 5. The van der Waals surface area contributed by atoms with E-state index in [1.807, 2.05) is 53.7 Å². The number of thiazole rings is 1. The zero-order chi connectivity index (χ0) is 21.5. The van der Waals surface area contributed by atoms with Gasteiger partial charge in [0.25, 0.3) is 5.91 Å². The van der Waals surface area contributed by atoms with Gasteiger partial charge in [-0.15, -0.1) is 11.3 Å². The number of amides is 1. The normalized spacial score (nSPS) is 15.1. The lowest BCUT2D eigenvalue weighted by molar-refractivity contribution is 0.0661. The molecule has 4 aromatic rings. The first kappa shape index (κ1) is 19.9. The van der Waals surface area contributed by atoms with Gasteiger partial charge in [-0.05, 0) is 33.0 Å². The second kappa shape index (κ2) is 7.90. The van der Waals surface area contributed by atoms with Crippen LogP contribution in [-0.4, -0.2) is 72.9 Å². The van der Waals surface area contributed by atoms with Crippen molar-refractivity contribution >= 4 is 22.8 Å². The number of imidazole rings is 2. The molecule has 5 rings (SSSR count). The summed E-state index contributed by atoms with van der Waals surface area (Å²) in [6, 6.07) is 5.84. The number of hydrogen-bond donors (Lipinski definition) is 0. The number of piperazine rings is 1. The molecule has 160 valence electrons. The van der Waals surface area contributed by atoms with Crippen molar-refractivity contribution in [2.24, 2.45) is 0 Å². The summed E-state index contributed by atoms with van der Waals surface area (Å²) < 4.78 is 4.04. The third-order valence-corrected chi connectivity index (χ3v) is 6.57. The highest BCUT2D eigenvalue weighted by Crippen LogP contribution is 2.24. The van der Waals surface area contributed by atoms with Crippen LogP contribution in [-0.2, 0) is 6.54 Å². The summed E-state index contributed by atoms with van der Waals surface area (Å²) in [5.41, 5.74) is 3.07. The van der Waals surface area contributed by atoms with Crippen LogP contribution in [0.15, 0.2) is 36.0 Å². The number of pyridine rings is 1. The maximum absolute atomic E-state index is 13.3. The van der Waals surface area contributed by atoms with Crippen LogP contribution < -0.4 is 0 Å². The fourth-order valence-electron chi connectivity index (χ4n) is 3.97. The van der Waals surface area contributed by atoms with Crippen molar-refractivity contribution in [3.8, 4) is 11.5 Å². The Balaban J connectivity index is 1.51. The highest BCUT2D eigenvalue weighted by molar-refractivity contribution is 7.09. The monoisotopic (exact) mass is 435 g/mol. The van der Waals surface area contributed by atoms with Crippen molar-refractivity contribution in [2.75, 3.05) is 33.2 Å². The molecule has 0 saturated carbocycles. The highest BCUT2D eigenvalue weighted by atomic mass is 32.1. The maximum Gasteiger partial charge on any atom is 0.274 e. The molecule has 0 aliphatic carbocycles. The third kappa shape index (κ3) is 3.75. The fourth-order valence-corrected chi connectivity index (χ4v) is 4.57. The molecule has 0 N–H and O–H groups in total. The molecule has 1 aliphatic heterocycles. The molecule has 0 unspecified atom stereocenters. The lowest BCUT2D eigenvalue weighted by atomic mass is 10.2. The van der Waals surface area contributed by atoms with E-state index in [4.69, 9.17) is 9.97 Å². The number of aryl methyl sites for hydroxylation is 2. The van der Waals surface area contributed by atoms with E-state index in [0.717, 1.165) is 53.9 Å². The van der Waals surface area contributed by atoms with E-state index in [1.165, 1.54) is 0 Å². The van der Waals surface area contributed by atoms with Crippen molar-refractivity contribution in [1.82, 2.24) is 33.7 Å². The van der Waals surface area contributed by atoms with Gasteiger partial charge in [-0.3, -0.25) is 9.20 Å². The third-order valence-electron chi connectivity index (χ3n) is 5.75. The van der Waals surface area contributed by atoms with Crippen molar-refractivity contribution in [3.63, 3.8) is 0 Å². The van der Waals surface area contributed by atoms with E-state index in [9.17, 15) is 4.79 Å². The standard InChI is InChI=1S/C22H25N7OS/c1-15-23-18(13-28(15)12-17-14-31-16(2)24-17)21-25-20(19-6-4-5-7-29(19)21)22(30)27-10-8-26(3)9-11-27/h4-7,13-14H,8-12H2,1-3H3. The number of carbonyl (C=O) groups is 1. The van der Waals surface area contributed by atoms with E-state index in [1.54, 1.807) is 11.3 Å². The van der Waals surface area contributed by atoms with Crippen molar-refractivity contribution in [2.45, 2.75) is 20.4 Å². The topological polar surface area (TPSA) is 71.6 Å². The molecule has 1 amide bonds. The Hall–Kier alpha value is -3.04. The molecule has 4 aromatic heterocycles. The summed E-state index contributed by atoms with van der Waals surface area (Å²) in [5, 5.41) is 3.13. The zero-order valence-electron chi connectivity index (χ0n) is 17.9. The predicted octanol–water partition coefficient (Wildman–Crippen LogP) is 2.71. The Kier molecular flexibility index (Phi) is 5.07. The van der Waals surface area contributed by atoms with Crippen LogP contribution in [0.2, 0.25) is 0 Å². The first-order valence-corrected chi connectivity index (χ1v) is 11.3. The van der Waals surface area contributed by atoms with Gasteiger partial charge in [0.05, 0.1) is 22.8 Å². The summed E-state index contributed by atoms with van der Waals surface area (Å²) in [4.78, 5) is 31.5. The molecule has 0 atom stereocenters. The number of fused-ring (bicyclic) bond motifs is 1. The number of hydrogen-bond acceptors (Lipinski definition) is 6. The van der Waals surface area contributed by atoms with Gasteiger partial charge < -0.3 is 14.4 Å². The first-order chi connectivity index (χ1) is 15.0. The molecule has 1 aliphatic rings. The van der Waals surface area contributed by atoms with Crippen LogP contribution in [0, 0.1) is 13.8 Å². The van der Waals surface area contributed by atoms with E-state index in [0.29, 0.717) is 18.1 Å². The Morgan fingerprint density at radius 2 is 1.90 bits per heavy atom. The highest BCUT2D eigenvalue weighted by Gasteiger charge is 2.26. The van der Waals surface area contributed by atoms with Crippen LogP contribution in [0.25, 0.3) is 17.0 Å². The molecule has 9 heteroatoms. The van der Waals surface area contributed by atoms with Crippen molar-refractivity contribution < 1.29 is 4.79 Å². The molecule has 5 heterocycles. The second-order valence-corrected chi connectivity index (χ2v) is 9.06. The number of carbonyl (C=O) groups excluding carboxylic acids is 1. The largest absolute Gasteiger partial charge is 0.335 e. The number of nitrogens with zero attached hydrogens (tertiary/aromatic N) is 7. The molecular formula is C22H25N7OS. The van der Waals surface area contributed by atoms with Gasteiger partial charge in [0, 0.05) is 44.0 Å². The zero-order valence-corrected chi connectivity index (χ0v) is 18.8. The summed E-state index contributed by atoms with van der Waals surface area (Å²) in [5.74, 6) is 1.56. The smallest absolute Gasteiger partial charge is 0.274 e. The lowest BCUT2D eigenvalue weighted by Crippen LogP contribution is -2.47. The Bertz CT molecular complexity index is 1250. The minimum atomic E-state index is -0.0165. The Morgan fingerprint density at radius 1 is 1.10 bits per heavy atom.